The smallest absolute Gasteiger partial charge is 0.153 e. The summed E-state index contributed by atoms with van der Waals surface area (Å²) in [5.41, 5.74) is 1.82. The fourth-order valence-corrected chi connectivity index (χ4v) is 2.47. The first-order valence-electron chi connectivity index (χ1n) is 6.06. The lowest BCUT2D eigenvalue weighted by Crippen LogP contribution is -2.18. The van der Waals surface area contributed by atoms with Crippen molar-refractivity contribution in [2.24, 2.45) is 5.92 Å². The SMILES string of the molecule is Cc1c(CNCC(C)C)oc2c(Cl)cc(Cl)cc12. The fourth-order valence-electron chi connectivity index (χ4n) is 1.94. The predicted molar refractivity (Wildman–Crippen MR) is 77.5 cm³/mol. The topological polar surface area (TPSA) is 25.2 Å². The van der Waals surface area contributed by atoms with Crippen molar-refractivity contribution in [2.75, 3.05) is 6.54 Å². The van der Waals surface area contributed by atoms with E-state index >= 15 is 0 Å². The largest absolute Gasteiger partial charge is 0.458 e. The van der Waals surface area contributed by atoms with Crippen LogP contribution in [0.25, 0.3) is 11.0 Å². The highest BCUT2D eigenvalue weighted by molar-refractivity contribution is 6.38. The van der Waals surface area contributed by atoms with Crippen molar-refractivity contribution in [1.29, 1.82) is 0 Å². The number of aryl methyl sites for hydroxylation is 1. The first kappa shape index (κ1) is 13.7. The number of fused-ring (bicyclic) bond motifs is 1. The van der Waals surface area contributed by atoms with E-state index in [-0.39, 0.29) is 0 Å². The first-order chi connectivity index (χ1) is 8.49. The molecule has 2 rings (SSSR count). The van der Waals surface area contributed by atoms with Gasteiger partial charge in [-0.05, 0) is 37.1 Å². The highest BCUT2D eigenvalue weighted by Crippen LogP contribution is 2.33. The zero-order chi connectivity index (χ0) is 13.3. The molecule has 2 nitrogen and oxygen atoms in total. The molecule has 0 atom stereocenters. The number of nitrogens with one attached hydrogen (secondary N) is 1. The van der Waals surface area contributed by atoms with Gasteiger partial charge >= 0.3 is 0 Å². The molecule has 0 spiro atoms. The molecule has 0 radical (unpaired) electrons. The molecule has 0 aliphatic heterocycles. The van der Waals surface area contributed by atoms with E-state index < -0.39 is 0 Å². The van der Waals surface area contributed by atoms with Gasteiger partial charge in [-0.2, -0.15) is 0 Å². The summed E-state index contributed by atoms with van der Waals surface area (Å²) in [6.45, 7) is 8.06. The molecule has 98 valence electrons. The summed E-state index contributed by atoms with van der Waals surface area (Å²) >= 11 is 12.1. The number of hydrogen-bond donors (Lipinski definition) is 1. The summed E-state index contributed by atoms with van der Waals surface area (Å²) in [7, 11) is 0. The molecule has 1 aromatic carbocycles. The van der Waals surface area contributed by atoms with Crippen LogP contribution in [0.15, 0.2) is 16.5 Å². The Kier molecular flexibility index (Phi) is 4.21. The number of furan rings is 1. The normalized spacial score (nSPS) is 11.7. The Morgan fingerprint density at radius 2 is 2.00 bits per heavy atom. The molecule has 4 heteroatoms. The van der Waals surface area contributed by atoms with Crippen LogP contribution >= 0.6 is 23.2 Å². The maximum absolute atomic E-state index is 6.13. The lowest BCUT2D eigenvalue weighted by Gasteiger charge is -2.05. The molecule has 0 saturated heterocycles. The quantitative estimate of drug-likeness (QED) is 0.873. The fraction of sp³-hybridized carbons (Fsp3) is 0.429. The van der Waals surface area contributed by atoms with E-state index in [0.717, 1.165) is 28.8 Å². The van der Waals surface area contributed by atoms with Crippen molar-refractivity contribution in [2.45, 2.75) is 27.3 Å². The van der Waals surface area contributed by atoms with Gasteiger partial charge in [-0.1, -0.05) is 37.0 Å². The molecule has 1 heterocycles. The Labute approximate surface area is 117 Å². The average Bonchev–Trinajstić information content (AvgIpc) is 2.57. The number of benzene rings is 1. The van der Waals surface area contributed by atoms with Crippen molar-refractivity contribution in [3.8, 4) is 0 Å². The summed E-state index contributed by atoms with van der Waals surface area (Å²) in [4.78, 5) is 0. The Hall–Kier alpha value is -0.700. The van der Waals surface area contributed by atoms with Crippen LogP contribution in [0.1, 0.15) is 25.2 Å². The zero-order valence-electron chi connectivity index (χ0n) is 10.8. The lowest BCUT2D eigenvalue weighted by molar-refractivity contribution is 0.482. The standard InChI is InChI=1S/C14H17Cl2NO/c1-8(2)6-17-7-13-9(3)11-4-10(15)5-12(16)14(11)18-13/h4-5,8,17H,6-7H2,1-3H3. The van der Waals surface area contributed by atoms with Crippen molar-refractivity contribution in [3.05, 3.63) is 33.5 Å². The second-order valence-electron chi connectivity index (χ2n) is 4.94. The summed E-state index contributed by atoms with van der Waals surface area (Å²) < 4.78 is 5.81. The van der Waals surface area contributed by atoms with Crippen LogP contribution in [0, 0.1) is 12.8 Å². The Morgan fingerprint density at radius 1 is 1.28 bits per heavy atom. The minimum absolute atomic E-state index is 0.565. The average molecular weight is 286 g/mol. The van der Waals surface area contributed by atoms with E-state index in [1.807, 2.05) is 13.0 Å². The van der Waals surface area contributed by atoms with E-state index in [0.29, 0.717) is 22.5 Å². The molecule has 2 aromatic rings. The Bertz CT molecular complexity index is 560. The molecule has 0 amide bonds. The molecule has 0 fully saturated rings. The second-order valence-corrected chi connectivity index (χ2v) is 5.78. The molecule has 0 aliphatic carbocycles. The number of hydrogen-bond acceptors (Lipinski definition) is 2. The van der Waals surface area contributed by atoms with Crippen molar-refractivity contribution in [1.82, 2.24) is 5.32 Å². The third kappa shape index (κ3) is 2.82. The van der Waals surface area contributed by atoms with Crippen molar-refractivity contribution >= 4 is 34.2 Å². The zero-order valence-corrected chi connectivity index (χ0v) is 12.3. The number of rotatable bonds is 4. The monoisotopic (exact) mass is 285 g/mol. The Balaban J connectivity index is 2.30. The Morgan fingerprint density at radius 3 is 2.67 bits per heavy atom. The van der Waals surface area contributed by atoms with Gasteiger partial charge in [-0.3, -0.25) is 0 Å². The van der Waals surface area contributed by atoms with E-state index in [2.05, 4.69) is 19.2 Å². The van der Waals surface area contributed by atoms with Crippen LogP contribution in [-0.2, 0) is 6.54 Å². The van der Waals surface area contributed by atoms with Crippen LogP contribution in [-0.4, -0.2) is 6.54 Å². The maximum Gasteiger partial charge on any atom is 0.153 e. The van der Waals surface area contributed by atoms with Crippen molar-refractivity contribution < 1.29 is 4.42 Å². The lowest BCUT2D eigenvalue weighted by atomic mass is 10.1. The van der Waals surface area contributed by atoms with Crippen LogP contribution < -0.4 is 5.32 Å². The summed E-state index contributed by atoms with van der Waals surface area (Å²) in [5, 5.41) is 5.56. The van der Waals surface area contributed by atoms with Gasteiger partial charge in [0.1, 0.15) is 5.76 Å². The van der Waals surface area contributed by atoms with E-state index in [9.17, 15) is 0 Å². The van der Waals surface area contributed by atoms with Gasteiger partial charge in [0, 0.05) is 10.4 Å². The van der Waals surface area contributed by atoms with Gasteiger partial charge < -0.3 is 9.73 Å². The van der Waals surface area contributed by atoms with Crippen LogP contribution in [0.2, 0.25) is 10.0 Å². The van der Waals surface area contributed by atoms with Gasteiger partial charge in [0.15, 0.2) is 5.58 Å². The molecule has 1 aromatic heterocycles. The minimum atomic E-state index is 0.565. The first-order valence-corrected chi connectivity index (χ1v) is 6.82. The van der Waals surface area contributed by atoms with Gasteiger partial charge in [0.2, 0.25) is 0 Å². The van der Waals surface area contributed by atoms with Gasteiger partial charge in [0.25, 0.3) is 0 Å². The molecule has 0 unspecified atom stereocenters. The van der Waals surface area contributed by atoms with Crippen LogP contribution in [0.5, 0.6) is 0 Å². The molecule has 18 heavy (non-hydrogen) atoms. The van der Waals surface area contributed by atoms with Crippen LogP contribution in [0.4, 0.5) is 0 Å². The second kappa shape index (κ2) is 5.52. The summed E-state index contributed by atoms with van der Waals surface area (Å²) in [6, 6.07) is 3.60. The third-order valence-electron chi connectivity index (χ3n) is 2.89. The predicted octanol–water partition coefficient (Wildman–Crippen LogP) is 4.79. The van der Waals surface area contributed by atoms with E-state index in [1.54, 1.807) is 6.07 Å². The molecular weight excluding hydrogens is 269 g/mol. The summed E-state index contributed by atoms with van der Waals surface area (Å²) in [5.74, 6) is 1.54. The highest BCUT2D eigenvalue weighted by Gasteiger charge is 2.13. The van der Waals surface area contributed by atoms with Gasteiger partial charge in [-0.15, -0.1) is 0 Å². The van der Waals surface area contributed by atoms with Crippen molar-refractivity contribution in [3.63, 3.8) is 0 Å². The third-order valence-corrected chi connectivity index (χ3v) is 3.39. The molecule has 0 aliphatic rings. The molecule has 1 N–H and O–H groups in total. The number of halogens is 2. The highest BCUT2D eigenvalue weighted by atomic mass is 35.5. The minimum Gasteiger partial charge on any atom is -0.458 e. The molecular formula is C14H17Cl2NO. The molecule has 0 saturated carbocycles. The summed E-state index contributed by atoms with van der Waals surface area (Å²) in [6.07, 6.45) is 0. The van der Waals surface area contributed by atoms with Crippen LogP contribution in [0.3, 0.4) is 0 Å². The van der Waals surface area contributed by atoms with E-state index in [1.165, 1.54) is 0 Å². The van der Waals surface area contributed by atoms with E-state index in [4.69, 9.17) is 27.6 Å². The molecule has 0 bridgehead atoms. The maximum atomic E-state index is 6.13. The van der Waals surface area contributed by atoms with Gasteiger partial charge in [0.05, 0.1) is 11.6 Å². The van der Waals surface area contributed by atoms with Gasteiger partial charge in [-0.25, -0.2) is 0 Å².